The van der Waals surface area contributed by atoms with Crippen LogP contribution in [0, 0.1) is 0 Å². The van der Waals surface area contributed by atoms with E-state index in [-0.39, 0.29) is 17.8 Å². The van der Waals surface area contributed by atoms with Crippen LogP contribution in [0.15, 0.2) is 71.1 Å². The van der Waals surface area contributed by atoms with Crippen molar-refractivity contribution in [1.29, 1.82) is 0 Å². The quantitative estimate of drug-likeness (QED) is 0.473. The van der Waals surface area contributed by atoms with Crippen LogP contribution in [0.25, 0.3) is 0 Å². The van der Waals surface area contributed by atoms with E-state index >= 15 is 0 Å². The first kappa shape index (κ1) is 25.5. The number of dihydropyridines is 1. The van der Waals surface area contributed by atoms with Gasteiger partial charge in [0.05, 0.1) is 25.4 Å². The van der Waals surface area contributed by atoms with Gasteiger partial charge >= 0.3 is 5.97 Å². The molecular formula is C30H35NO5. The lowest BCUT2D eigenvalue weighted by atomic mass is 9.71. The zero-order valence-electron chi connectivity index (χ0n) is 21.7. The molecule has 0 fully saturated rings. The summed E-state index contributed by atoms with van der Waals surface area (Å²) in [5.41, 5.74) is 4.62. The number of nitrogens with one attached hydrogen (secondary N) is 1. The van der Waals surface area contributed by atoms with E-state index < -0.39 is 11.9 Å². The third-order valence-electron chi connectivity index (χ3n) is 7.02. The van der Waals surface area contributed by atoms with Gasteiger partial charge < -0.3 is 19.5 Å². The zero-order valence-corrected chi connectivity index (χ0v) is 21.7. The van der Waals surface area contributed by atoms with Crippen molar-refractivity contribution in [3.63, 3.8) is 0 Å². The van der Waals surface area contributed by atoms with Crippen LogP contribution in [-0.2, 0) is 14.3 Å². The molecular weight excluding hydrogens is 454 g/mol. The molecule has 0 spiro atoms. The molecule has 36 heavy (non-hydrogen) atoms. The first-order valence-electron chi connectivity index (χ1n) is 12.7. The summed E-state index contributed by atoms with van der Waals surface area (Å²) in [4.78, 5) is 27.2. The van der Waals surface area contributed by atoms with Gasteiger partial charge in [-0.2, -0.15) is 0 Å². The maximum atomic E-state index is 13.7. The minimum atomic E-state index is -0.549. The van der Waals surface area contributed by atoms with Crippen LogP contribution < -0.4 is 14.8 Å². The van der Waals surface area contributed by atoms with Crippen LogP contribution in [0.4, 0.5) is 0 Å². The number of methoxy groups -OCH3 is 1. The van der Waals surface area contributed by atoms with Gasteiger partial charge in [-0.15, -0.1) is 0 Å². The smallest absolute Gasteiger partial charge is 0.337 e. The molecule has 6 heteroatoms. The van der Waals surface area contributed by atoms with Crippen molar-refractivity contribution in [2.24, 2.45) is 0 Å². The number of benzene rings is 2. The van der Waals surface area contributed by atoms with Crippen LogP contribution in [0.5, 0.6) is 11.5 Å². The Morgan fingerprint density at radius 1 is 1.06 bits per heavy atom. The van der Waals surface area contributed by atoms with Gasteiger partial charge in [-0.3, -0.25) is 4.79 Å². The van der Waals surface area contributed by atoms with E-state index in [1.54, 1.807) is 7.11 Å². The number of hydrogen-bond acceptors (Lipinski definition) is 6. The van der Waals surface area contributed by atoms with Crippen LogP contribution in [0.2, 0.25) is 0 Å². The van der Waals surface area contributed by atoms with E-state index in [0.29, 0.717) is 54.2 Å². The molecule has 1 aliphatic carbocycles. The molecule has 0 saturated heterocycles. The highest BCUT2D eigenvalue weighted by Gasteiger charge is 2.42. The van der Waals surface area contributed by atoms with Crippen LogP contribution in [0.1, 0.15) is 69.9 Å². The molecule has 0 aromatic heterocycles. The fourth-order valence-corrected chi connectivity index (χ4v) is 5.07. The molecule has 0 saturated carbocycles. The van der Waals surface area contributed by atoms with E-state index in [2.05, 4.69) is 17.4 Å². The molecule has 4 rings (SSSR count). The van der Waals surface area contributed by atoms with Crippen molar-refractivity contribution < 1.29 is 23.8 Å². The normalized spacial score (nSPS) is 20.4. The lowest BCUT2D eigenvalue weighted by Gasteiger charge is -2.37. The number of allylic oxidation sites excluding steroid dienone is 3. The maximum absolute atomic E-state index is 13.7. The fourth-order valence-electron chi connectivity index (χ4n) is 5.07. The molecule has 1 heterocycles. The molecule has 0 unspecified atom stereocenters. The van der Waals surface area contributed by atoms with Gasteiger partial charge in [-0.05, 0) is 62.8 Å². The van der Waals surface area contributed by atoms with E-state index in [1.165, 1.54) is 0 Å². The van der Waals surface area contributed by atoms with Gasteiger partial charge in [-0.1, -0.05) is 43.3 Å². The predicted octanol–water partition coefficient (Wildman–Crippen LogP) is 5.80. The molecule has 2 aromatic carbocycles. The van der Waals surface area contributed by atoms with E-state index in [4.69, 9.17) is 14.2 Å². The van der Waals surface area contributed by atoms with E-state index in [0.717, 1.165) is 16.8 Å². The monoisotopic (exact) mass is 489 g/mol. The van der Waals surface area contributed by atoms with Crippen LogP contribution in [-0.4, -0.2) is 31.6 Å². The second-order valence-corrected chi connectivity index (χ2v) is 9.40. The molecule has 0 amide bonds. The Hall–Kier alpha value is -3.54. The Morgan fingerprint density at radius 3 is 2.47 bits per heavy atom. The van der Waals surface area contributed by atoms with Gasteiger partial charge in [0, 0.05) is 29.3 Å². The summed E-state index contributed by atoms with van der Waals surface area (Å²) in [6, 6.07) is 15.7. The molecule has 6 nitrogen and oxygen atoms in total. The Bertz CT molecular complexity index is 1200. The summed E-state index contributed by atoms with van der Waals surface area (Å²) < 4.78 is 17.1. The van der Waals surface area contributed by atoms with E-state index in [9.17, 15) is 9.59 Å². The highest BCUT2D eigenvalue weighted by molar-refractivity contribution is 6.04. The zero-order chi connectivity index (χ0) is 25.8. The topological polar surface area (TPSA) is 73.9 Å². The van der Waals surface area contributed by atoms with Gasteiger partial charge in [-0.25, -0.2) is 4.79 Å². The summed E-state index contributed by atoms with van der Waals surface area (Å²) in [5, 5.41) is 3.41. The van der Waals surface area contributed by atoms with Gasteiger partial charge in [0.25, 0.3) is 0 Å². The standard InChI is InChI=1S/C30H35NO5/c1-6-18(3)36-30(33)27-19(4)31-23-15-22(20-11-9-8-10-12-20)16-24(32)29(23)28(27)21-13-14-25(35-7-2)26(17-21)34-5/h8-14,17-18,22,28,31H,6-7,15-16H2,1-5H3/t18-,22-,28-/m1/s1. The summed E-state index contributed by atoms with van der Waals surface area (Å²) >= 11 is 0. The largest absolute Gasteiger partial charge is 0.493 e. The van der Waals surface area contributed by atoms with Crippen LogP contribution >= 0.6 is 0 Å². The minimum absolute atomic E-state index is 0.0387. The molecule has 2 aromatic rings. The second kappa shape index (κ2) is 11.0. The number of hydrogen-bond donors (Lipinski definition) is 1. The number of esters is 1. The lowest BCUT2D eigenvalue weighted by Crippen LogP contribution is -2.36. The predicted molar refractivity (Wildman–Crippen MR) is 139 cm³/mol. The number of ether oxygens (including phenoxy) is 3. The Kier molecular flexibility index (Phi) is 7.82. The third-order valence-corrected chi connectivity index (χ3v) is 7.02. The summed E-state index contributed by atoms with van der Waals surface area (Å²) in [6.45, 7) is 8.15. The van der Waals surface area contributed by atoms with E-state index in [1.807, 2.05) is 64.1 Å². The average molecular weight is 490 g/mol. The second-order valence-electron chi connectivity index (χ2n) is 9.40. The van der Waals surface area contributed by atoms with Gasteiger partial charge in [0.15, 0.2) is 17.3 Å². The average Bonchev–Trinajstić information content (AvgIpc) is 2.88. The summed E-state index contributed by atoms with van der Waals surface area (Å²) in [6.07, 6.45) is 1.56. The number of ketones is 1. The number of Topliss-reactive ketones (excluding diaryl/α,β-unsaturated/α-hetero) is 1. The number of rotatable bonds is 8. The SMILES string of the molecule is CCOc1ccc([C@@H]2C(C(=O)O[C@H](C)CC)=C(C)NC3=C2C(=O)C[C@H](c2ccccc2)C3)cc1OC. The Morgan fingerprint density at radius 2 is 1.81 bits per heavy atom. The highest BCUT2D eigenvalue weighted by Crippen LogP contribution is 2.47. The molecule has 3 atom stereocenters. The van der Waals surface area contributed by atoms with Crippen molar-refractivity contribution in [1.82, 2.24) is 5.32 Å². The first-order chi connectivity index (χ1) is 17.4. The van der Waals surface area contributed by atoms with Crippen molar-refractivity contribution in [3.8, 4) is 11.5 Å². The number of carbonyl (C=O) groups is 2. The molecule has 0 bridgehead atoms. The van der Waals surface area contributed by atoms with Gasteiger partial charge in [0.1, 0.15) is 0 Å². The van der Waals surface area contributed by atoms with Crippen LogP contribution in [0.3, 0.4) is 0 Å². The van der Waals surface area contributed by atoms with Gasteiger partial charge in [0.2, 0.25) is 0 Å². The Balaban J connectivity index is 1.82. The molecule has 1 aliphatic heterocycles. The lowest BCUT2D eigenvalue weighted by molar-refractivity contribution is -0.144. The molecule has 1 N–H and O–H groups in total. The molecule has 0 radical (unpaired) electrons. The summed E-state index contributed by atoms with van der Waals surface area (Å²) in [7, 11) is 1.59. The Labute approximate surface area is 213 Å². The number of carbonyl (C=O) groups excluding carboxylic acids is 2. The maximum Gasteiger partial charge on any atom is 0.337 e. The van der Waals surface area contributed by atoms with Crippen molar-refractivity contribution in [3.05, 3.63) is 82.2 Å². The molecule has 2 aliphatic rings. The van der Waals surface area contributed by atoms with Crippen molar-refractivity contribution in [2.45, 2.75) is 64.9 Å². The third kappa shape index (κ3) is 5.03. The minimum Gasteiger partial charge on any atom is -0.493 e. The highest BCUT2D eigenvalue weighted by atomic mass is 16.5. The molecule has 190 valence electrons. The van der Waals surface area contributed by atoms with Crippen molar-refractivity contribution in [2.75, 3.05) is 13.7 Å². The summed E-state index contributed by atoms with van der Waals surface area (Å²) in [5.74, 6) is 0.352. The fraction of sp³-hybridized carbons (Fsp3) is 0.400. The first-order valence-corrected chi connectivity index (χ1v) is 12.7. The van der Waals surface area contributed by atoms with Crippen molar-refractivity contribution >= 4 is 11.8 Å².